The van der Waals surface area contributed by atoms with Crippen LogP contribution in [0.4, 0.5) is 11.4 Å². The van der Waals surface area contributed by atoms with E-state index in [1.54, 1.807) is 0 Å². The molecule has 0 amide bonds. The van der Waals surface area contributed by atoms with E-state index in [4.69, 9.17) is 0 Å². The molecule has 2 heterocycles. The summed E-state index contributed by atoms with van der Waals surface area (Å²) in [5, 5.41) is 0. The maximum atomic E-state index is 4.57. The third-order valence-corrected chi connectivity index (χ3v) is 7.15. The van der Waals surface area contributed by atoms with Gasteiger partial charge in [0, 0.05) is 49.5 Å². The SMILES string of the molecule is C(=Nc1cc[n+](CCCCCCCCCCCC[n+]2ccc(N=Cc3ccccc3)cc2)cc1)c1ccccc1. The first-order chi connectivity index (χ1) is 19.8. The van der Waals surface area contributed by atoms with Gasteiger partial charge >= 0.3 is 0 Å². The molecule has 0 atom stereocenters. The van der Waals surface area contributed by atoms with Crippen LogP contribution in [-0.2, 0) is 13.1 Å². The van der Waals surface area contributed by atoms with Gasteiger partial charge in [0.1, 0.15) is 13.1 Å². The lowest BCUT2D eigenvalue weighted by Crippen LogP contribution is -2.32. The predicted octanol–water partition coefficient (Wildman–Crippen LogP) is 8.36. The Balaban J connectivity index is 0.963. The molecule has 0 saturated carbocycles. The predicted molar refractivity (Wildman–Crippen MR) is 167 cm³/mol. The summed E-state index contributed by atoms with van der Waals surface area (Å²) in [5.74, 6) is 0. The topological polar surface area (TPSA) is 32.5 Å². The van der Waals surface area contributed by atoms with Gasteiger partial charge in [0.05, 0.1) is 11.4 Å². The van der Waals surface area contributed by atoms with Gasteiger partial charge in [-0.05, 0) is 24.0 Å². The molecule has 206 valence electrons. The summed E-state index contributed by atoms with van der Waals surface area (Å²) in [6.45, 7) is 2.18. The summed E-state index contributed by atoms with van der Waals surface area (Å²) >= 11 is 0. The number of aromatic nitrogens is 2. The average molecular weight is 533 g/mol. The van der Waals surface area contributed by atoms with Gasteiger partial charge < -0.3 is 0 Å². The summed E-state index contributed by atoms with van der Waals surface area (Å²) in [4.78, 5) is 9.13. The Morgan fingerprint density at radius 1 is 0.400 bits per heavy atom. The summed E-state index contributed by atoms with van der Waals surface area (Å²) in [5.41, 5.74) is 4.25. The van der Waals surface area contributed by atoms with Gasteiger partial charge in [0.25, 0.3) is 0 Å². The molecule has 0 spiro atoms. The van der Waals surface area contributed by atoms with Crippen molar-refractivity contribution in [2.24, 2.45) is 9.98 Å². The molecule has 2 aromatic carbocycles. The minimum Gasteiger partial charge on any atom is -0.256 e. The molecule has 0 unspecified atom stereocenters. The van der Waals surface area contributed by atoms with Crippen LogP contribution in [0.1, 0.15) is 75.3 Å². The summed E-state index contributed by atoms with van der Waals surface area (Å²) in [6.07, 6.45) is 25.7. The number of hydrogen-bond donors (Lipinski definition) is 0. The second kappa shape index (κ2) is 17.6. The zero-order valence-corrected chi connectivity index (χ0v) is 23.8. The molecule has 4 rings (SSSR count). The van der Waals surface area contributed by atoms with E-state index in [0.29, 0.717) is 0 Å². The Bertz CT molecular complexity index is 1160. The first kappa shape index (κ1) is 29.1. The highest BCUT2D eigenvalue weighted by atomic mass is 14.9. The zero-order chi connectivity index (χ0) is 27.5. The molecular weight excluding hydrogens is 488 g/mol. The molecule has 0 fully saturated rings. The summed E-state index contributed by atoms with van der Waals surface area (Å²) in [6, 6.07) is 28.8. The lowest BCUT2D eigenvalue weighted by atomic mass is 10.1. The Kier molecular flexibility index (Phi) is 12.8. The number of hydrogen-bond acceptors (Lipinski definition) is 2. The van der Waals surface area contributed by atoms with E-state index in [0.717, 1.165) is 35.6 Å². The minimum atomic E-state index is 0.998. The Morgan fingerprint density at radius 3 is 1.07 bits per heavy atom. The highest BCUT2D eigenvalue weighted by molar-refractivity contribution is 5.82. The molecule has 0 bridgehead atoms. The fourth-order valence-corrected chi connectivity index (χ4v) is 4.75. The van der Waals surface area contributed by atoms with Crippen LogP contribution in [0.2, 0.25) is 0 Å². The largest absolute Gasteiger partial charge is 0.256 e. The van der Waals surface area contributed by atoms with E-state index < -0.39 is 0 Å². The van der Waals surface area contributed by atoms with Crippen molar-refractivity contribution in [2.75, 3.05) is 0 Å². The molecular formula is C36H44N4+2. The second-order valence-corrected chi connectivity index (χ2v) is 10.5. The van der Waals surface area contributed by atoms with Crippen LogP contribution in [0, 0.1) is 0 Å². The van der Waals surface area contributed by atoms with E-state index in [-0.39, 0.29) is 0 Å². The Morgan fingerprint density at radius 2 is 0.725 bits per heavy atom. The van der Waals surface area contributed by atoms with E-state index >= 15 is 0 Å². The van der Waals surface area contributed by atoms with Crippen LogP contribution >= 0.6 is 0 Å². The molecule has 0 aliphatic heterocycles. The standard InChI is InChI=1S/C36H44N4/c1(3-5-7-15-25-39-27-21-35(22-28-39)37-31-33-17-11-9-12-18-33)2-4-6-8-16-26-40-29-23-36(24-30-40)38-32-34-19-13-10-14-20-34/h9-14,17-24,27-32H,1-8,15-16,25-26H2/q+2. The van der Waals surface area contributed by atoms with Crippen LogP contribution in [0.3, 0.4) is 0 Å². The normalized spacial score (nSPS) is 11.5. The van der Waals surface area contributed by atoms with Crippen LogP contribution in [0.25, 0.3) is 0 Å². The molecule has 40 heavy (non-hydrogen) atoms. The van der Waals surface area contributed by atoms with Crippen molar-refractivity contribution in [1.29, 1.82) is 0 Å². The fourth-order valence-electron chi connectivity index (χ4n) is 4.75. The average Bonchev–Trinajstić information content (AvgIpc) is 3.02. The number of aryl methyl sites for hydroxylation is 2. The van der Waals surface area contributed by atoms with Gasteiger partial charge in [-0.25, -0.2) is 9.13 Å². The van der Waals surface area contributed by atoms with Crippen LogP contribution in [-0.4, -0.2) is 12.4 Å². The first-order valence-electron chi connectivity index (χ1n) is 15.0. The monoisotopic (exact) mass is 532 g/mol. The van der Waals surface area contributed by atoms with Gasteiger partial charge in [0.15, 0.2) is 24.8 Å². The van der Waals surface area contributed by atoms with Crippen LogP contribution in [0.5, 0.6) is 0 Å². The molecule has 0 saturated heterocycles. The van der Waals surface area contributed by atoms with Crippen molar-refractivity contribution < 1.29 is 9.13 Å². The summed E-state index contributed by atoms with van der Waals surface area (Å²) in [7, 11) is 0. The number of unbranched alkanes of at least 4 members (excludes halogenated alkanes) is 9. The molecule has 4 aromatic rings. The van der Waals surface area contributed by atoms with Crippen LogP contribution < -0.4 is 9.13 Å². The van der Waals surface area contributed by atoms with E-state index in [9.17, 15) is 0 Å². The van der Waals surface area contributed by atoms with E-state index in [1.165, 1.54) is 64.2 Å². The Labute approximate surface area is 240 Å². The number of nitrogens with zero attached hydrogens (tertiary/aromatic N) is 4. The first-order valence-corrected chi connectivity index (χ1v) is 15.0. The van der Waals surface area contributed by atoms with Crippen molar-refractivity contribution in [3.05, 3.63) is 121 Å². The molecule has 0 aliphatic rings. The maximum Gasteiger partial charge on any atom is 0.170 e. The van der Waals surface area contributed by atoms with Crippen molar-refractivity contribution in [2.45, 2.75) is 77.3 Å². The molecule has 0 radical (unpaired) electrons. The number of rotatable bonds is 17. The number of benzene rings is 2. The van der Waals surface area contributed by atoms with Crippen molar-refractivity contribution in [3.8, 4) is 0 Å². The smallest absolute Gasteiger partial charge is 0.170 e. The molecule has 4 heteroatoms. The summed E-state index contributed by atoms with van der Waals surface area (Å²) < 4.78 is 4.54. The van der Waals surface area contributed by atoms with Crippen LogP contribution in [0.15, 0.2) is 120 Å². The van der Waals surface area contributed by atoms with Gasteiger partial charge in [-0.15, -0.1) is 0 Å². The minimum absolute atomic E-state index is 0.998. The highest BCUT2D eigenvalue weighted by Gasteiger charge is 2.02. The molecule has 0 N–H and O–H groups in total. The van der Waals surface area contributed by atoms with Crippen molar-refractivity contribution in [3.63, 3.8) is 0 Å². The highest BCUT2D eigenvalue weighted by Crippen LogP contribution is 2.12. The van der Waals surface area contributed by atoms with Gasteiger partial charge in [-0.3, -0.25) is 9.98 Å². The van der Waals surface area contributed by atoms with E-state index in [2.05, 4.69) is 92.4 Å². The van der Waals surface area contributed by atoms with E-state index in [1.807, 2.05) is 48.8 Å². The van der Waals surface area contributed by atoms with Crippen molar-refractivity contribution in [1.82, 2.24) is 0 Å². The molecule has 0 aliphatic carbocycles. The number of aliphatic imine (C=N–C) groups is 2. The lowest BCUT2D eigenvalue weighted by molar-refractivity contribution is -0.697. The quantitative estimate of drug-likeness (QED) is 0.0743. The molecule has 2 aromatic heterocycles. The Hall–Kier alpha value is -3.92. The third-order valence-electron chi connectivity index (χ3n) is 7.15. The maximum absolute atomic E-state index is 4.57. The third kappa shape index (κ3) is 11.4. The number of pyridine rings is 2. The lowest BCUT2D eigenvalue weighted by Gasteiger charge is -2.02. The van der Waals surface area contributed by atoms with Gasteiger partial charge in [-0.1, -0.05) is 99.2 Å². The zero-order valence-electron chi connectivity index (χ0n) is 23.8. The van der Waals surface area contributed by atoms with Gasteiger partial charge in [-0.2, -0.15) is 0 Å². The van der Waals surface area contributed by atoms with Crippen molar-refractivity contribution >= 4 is 23.8 Å². The van der Waals surface area contributed by atoms with Gasteiger partial charge in [0.2, 0.25) is 0 Å². The second-order valence-electron chi connectivity index (χ2n) is 10.5. The fraction of sp³-hybridized carbons (Fsp3) is 0.333. The molecule has 4 nitrogen and oxygen atoms in total.